The Morgan fingerprint density at radius 1 is 1.50 bits per heavy atom. The van der Waals surface area contributed by atoms with E-state index in [0.29, 0.717) is 15.8 Å². The molecular weight excluding hydrogens is 335 g/mol. The molecule has 0 aliphatic heterocycles. The number of benzene rings is 1. The predicted molar refractivity (Wildman–Crippen MR) is 71.9 cm³/mol. The lowest BCUT2D eigenvalue weighted by Gasteiger charge is -2.07. The molecule has 88 valence electrons. The quantitative estimate of drug-likeness (QED) is 0.469. The van der Waals surface area contributed by atoms with E-state index in [4.69, 9.17) is 23.2 Å². The van der Waals surface area contributed by atoms with Crippen LogP contribution in [0.2, 0.25) is 10.0 Å². The Bertz CT molecular complexity index is 387. The fourth-order valence-corrected chi connectivity index (χ4v) is 2.72. The molecule has 1 atom stereocenters. The summed E-state index contributed by atoms with van der Waals surface area (Å²) >= 11 is 16.4. The number of alkyl halides is 1. The summed E-state index contributed by atoms with van der Waals surface area (Å²) in [6.07, 6.45) is 0. The van der Waals surface area contributed by atoms with E-state index in [1.54, 1.807) is 12.1 Å². The predicted octanol–water partition coefficient (Wildman–Crippen LogP) is 4.02. The number of ether oxygens (including phenoxy) is 1. The summed E-state index contributed by atoms with van der Waals surface area (Å²) in [5.41, 5.74) is 0. The van der Waals surface area contributed by atoms with Crippen molar-refractivity contribution in [2.75, 3.05) is 12.9 Å². The van der Waals surface area contributed by atoms with Crippen LogP contribution >= 0.6 is 50.9 Å². The van der Waals surface area contributed by atoms with Gasteiger partial charge in [-0.3, -0.25) is 4.79 Å². The summed E-state index contributed by atoms with van der Waals surface area (Å²) < 4.78 is 4.60. The van der Waals surface area contributed by atoms with Crippen molar-refractivity contribution in [1.29, 1.82) is 0 Å². The Labute approximate surface area is 117 Å². The number of esters is 1. The number of carbonyl (C=O) groups is 1. The van der Waals surface area contributed by atoms with Crippen molar-refractivity contribution < 1.29 is 9.53 Å². The van der Waals surface area contributed by atoms with Gasteiger partial charge in [-0.1, -0.05) is 39.1 Å². The van der Waals surface area contributed by atoms with Gasteiger partial charge in [0.2, 0.25) is 0 Å². The third-order valence-electron chi connectivity index (χ3n) is 1.74. The van der Waals surface area contributed by atoms with E-state index in [9.17, 15) is 4.79 Å². The van der Waals surface area contributed by atoms with Gasteiger partial charge in [0, 0.05) is 10.6 Å². The first-order valence-electron chi connectivity index (χ1n) is 4.34. The maximum Gasteiger partial charge on any atom is 0.320 e. The average molecular weight is 344 g/mol. The van der Waals surface area contributed by atoms with Crippen LogP contribution < -0.4 is 0 Å². The van der Waals surface area contributed by atoms with E-state index >= 15 is 0 Å². The zero-order valence-corrected chi connectivity index (χ0v) is 12.3. The minimum Gasteiger partial charge on any atom is -0.468 e. The smallest absolute Gasteiger partial charge is 0.320 e. The van der Waals surface area contributed by atoms with Gasteiger partial charge in [0.25, 0.3) is 0 Å². The van der Waals surface area contributed by atoms with Crippen molar-refractivity contribution >= 4 is 56.9 Å². The fraction of sp³-hybridized carbons (Fsp3) is 0.300. The van der Waals surface area contributed by atoms with Crippen LogP contribution in [0.5, 0.6) is 0 Å². The maximum atomic E-state index is 11.1. The van der Waals surface area contributed by atoms with Gasteiger partial charge < -0.3 is 4.74 Å². The summed E-state index contributed by atoms with van der Waals surface area (Å²) in [5, 5.41) is 1.03. The molecule has 0 saturated heterocycles. The molecule has 0 N–H and O–H groups in total. The molecule has 0 aromatic heterocycles. The lowest BCUT2D eigenvalue weighted by atomic mass is 10.4. The van der Waals surface area contributed by atoms with Crippen LogP contribution in [0.15, 0.2) is 23.1 Å². The van der Waals surface area contributed by atoms with E-state index in [-0.39, 0.29) is 10.8 Å². The van der Waals surface area contributed by atoms with Crippen LogP contribution in [-0.4, -0.2) is 23.7 Å². The first-order valence-corrected chi connectivity index (χ1v) is 7.00. The van der Waals surface area contributed by atoms with Gasteiger partial charge in [0.15, 0.2) is 0 Å². The second kappa shape index (κ2) is 6.74. The third kappa shape index (κ3) is 4.17. The van der Waals surface area contributed by atoms with Gasteiger partial charge in [-0.15, -0.1) is 11.8 Å². The molecule has 2 nitrogen and oxygen atoms in total. The monoisotopic (exact) mass is 342 g/mol. The Morgan fingerprint density at radius 3 is 2.75 bits per heavy atom. The van der Waals surface area contributed by atoms with Gasteiger partial charge in [-0.05, 0) is 18.2 Å². The van der Waals surface area contributed by atoms with Crippen LogP contribution in [0.25, 0.3) is 0 Å². The SMILES string of the molecule is COC(=O)C(Br)CSc1ccc(Cl)c(Cl)c1. The summed E-state index contributed by atoms with van der Waals surface area (Å²) in [6.45, 7) is 0. The summed E-state index contributed by atoms with van der Waals surface area (Å²) in [5.74, 6) is 0.289. The van der Waals surface area contributed by atoms with E-state index in [1.807, 2.05) is 6.07 Å². The Morgan fingerprint density at radius 2 is 2.19 bits per heavy atom. The van der Waals surface area contributed by atoms with Crippen molar-refractivity contribution in [3.05, 3.63) is 28.2 Å². The highest BCUT2D eigenvalue weighted by Crippen LogP contribution is 2.29. The third-order valence-corrected chi connectivity index (χ3v) is 4.70. The zero-order chi connectivity index (χ0) is 12.1. The number of halogens is 3. The molecule has 0 spiro atoms. The summed E-state index contributed by atoms with van der Waals surface area (Å²) in [6, 6.07) is 5.36. The molecule has 6 heteroatoms. The first-order chi connectivity index (χ1) is 7.54. The molecule has 1 aromatic rings. The topological polar surface area (TPSA) is 26.3 Å². The molecule has 0 aliphatic carbocycles. The molecule has 0 fully saturated rings. The highest BCUT2D eigenvalue weighted by Gasteiger charge is 2.15. The second-order valence-corrected chi connectivity index (χ2v) is 5.89. The molecular formula is C10H9BrCl2O2S. The second-order valence-electron chi connectivity index (χ2n) is 2.88. The molecule has 1 rings (SSSR count). The molecule has 0 aliphatic rings. The fourth-order valence-electron chi connectivity index (χ4n) is 0.932. The first kappa shape index (κ1) is 14.2. The average Bonchev–Trinajstić information content (AvgIpc) is 2.29. The molecule has 1 aromatic carbocycles. The highest BCUT2D eigenvalue weighted by atomic mass is 79.9. The van der Waals surface area contributed by atoms with Gasteiger partial charge in [-0.2, -0.15) is 0 Å². The van der Waals surface area contributed by atoms with E-state index in [2.05, 4.69) is 20.7 Å². The number of hydrogen-bond donors (Lipinski definition) is 0. The van der Waals surface area contributed by atoms with Gasteiger partial charge in [0.05, 0.1) is 17.2 Å². The van der Waals surface area contributed by atoms with Crippen molar-refractivity contribution in [2.45, 2.75) is 9.72 Å². The Kier molecular flexibility index (Phi) is 5.97. The molecule has 0 bridgehead atoms. The molecule has 0 amide bonds. The molecule has 0 heterocycles. The van der Waals surface area contributed by atoms with Crippen LogP contribution in [0, 0.1) is 0 Å². The van der Waals surface area contributed by atoms with Crippen molar-refractivity contribution in [2.24, 2.45) is 0 Å². The summed E-state index contributed by atoms with van der Waals surface area (Å²) in [7, 11) is 1.36. The molecule has 1 unspecified atom stereocenters. The Balaban J connectivity index is 2.55. The van der Waals surface area contributed by atoms with E-state index < -0.39 is 0 Å². The molecule has 0 radical (unpaired) electrons. The van der Waals surface area contributed by atoms with Crippen molar-refractivity contribution in [1.82, 2.24) is 0 Å². The standard InChI is InChI=1S/C10H9BrCl2O2S/c1-15-10(14)7(11)5-16-6-2-3-8(12)9(13)4-6/h2-4,7H,5H2,1H3. The van der Waals surface area contributed by atoms with Gasteiger partial charge in [0.1, 0.15) is 4.83 Å². The molecule has 0 saturated carbocycles. The van der Waals surface area contributed by atoms with E-state index in [1.165, 1.54) is 18.9 Å². The van der Waals surface area contributed by atoms with E-state index in [0.717, 1.165) is 4.90 Å². The number of hydrogen-bond acceptors (Lipinski definition) is 3. The van der Waals surface area contributed by atoms with Gasteiger partial charge >= 0.3 is 5.97 Å². The van der Waals surface area contributed by atoms with Crippen LogP contribution in [0.1, 0.15) is 0 Å². The number of rotatable bonds is 4. The minimum atomic E-state index is -0.322. The summed E-state index contributed by atoms with van der Waals surface area (Å²) in [4.78, 5) is 11.8. The van der Waals surface area contributed by atoms with Crippen LogP contribution in [0.4, 0.5) is 0 Å². The lowest BCUT2D eigenvalue weighted by Crippen LogP contribution is -2.17. The molecule has 16 heavy (non-hydrogen) atoms. The van der Waals surface area contributed by atoms with Crippen LogP contribution in [-0.2, 0) is 9.53 Å². The number of carbonyl (C=O) groups excluding carboxylic acids is 1. The maximum absolute atomic E-state index is 11.1. The Hall–Kier alpha value is 0.1000. The lowest BCUT2D eigenvalue weighted by molar-refractivity contribution is -0.139. The van der Waals surface area contributed by atoms with Crippen molar-refractivity contribution in [3.8, 4) is 0 Å². The van der Waals surface area contributed by atoms with Crippen LogP contribution in [0.3, 0.4) is 0 Å². The number of methoxy groups -OCH3 is 1. The highest BCUT2D eigenvalue weighted by molar-refractivity contribution is 9.10. The number of thioether (sulfide) groups is 1. The van der Waals surface area contributed by atoms with Crippen molar-refractivity contribution in [3.63, 3.8) is 0 Å². The largest absolute Gasteiger partial charge is 0.468 e. The van der Waals surface area contributed by atoms with Gasteiger partial charge in [-0.25, -0.2) is 0 Å². The normalized spacial score (nSPS) is 12.2. The zero-order valence-electron chi connectivity index (χ0n) is 8.38. The minimum absolute atomic E-state index is 0.285.